The molecule has 1 heterocycles. The average molecular weight is 231 g/mol. The van der Waals surface area contributed by atoms with Crippen molar-refractivity contribution in [3.63, 3.8) is 0 Å². The second-order valence-corrected chi connectivity index (χ2v) is 4.57. The lowest BCUT2D eigenvalue weighted by Crippen LogP contribution is -2.36. The Hall–Kier alpha value is -0.750. The van der Waals surface area contributed by atoms with E-state index in [4.69, 9.17) is 5.21 Å². The standard InChI is InChI=1S/C9H17N3O2S/c13-9(8-11-14)10-2-4-12-3-1-6-15-7-5-12/h8,14H,1-7H2,(H,10,13)/b11-8-. The van der Waals surface area contributed by atoms with Crippen molar-refractivity contribution in [2.45, 2.75) is 6.42 Å². The van der Waals surface area contributed by atoms with Crippen molar-refractivity contribution in [1.82, 2.24) is 10.2 Å². The average Bonchev–Trinajstić information content (AvgIpc) is 2.47. The molecule has 0 spiro atoms. The molecule has 1 fully saturated rings. The van der Waals surface area contributed by atoms with Crippen LogP contribution in [0.1, 0.15) is 6.42 Å². The molecule has 2 N–H and O–H groups in total. The fourth-order valence-corrected chi connectivity index (χ4v) is 2.38. The molecule has 0 bridgehead atoms. The molecular weight excluding hydrogens is 214 g/mol. The number of carbonyl (C=O) groups excluding carboxylic acids is 1. The maximum atomic E-state index is 10.9. The van der Waals surface area contributed by atoms with Crippen molar-refractivity contribution in [2.24, 2.45) is 5.16 Å². The maximum Gasteiger partial charge on any atom is 0.265 e. The second-order valence-electron chi connectivity index (χ2n) is 3.34. The van der Waals surface area contributed by atoms with E-state index in [1.54, 1.807) is 0 Å². The number of nitrogens with zero attached hydrogens (tertiary/aromatic N) is 2. The van der Waals surface area contributed by atoms with Crippen molar-refractivity contribution in [3.05, 3.63) is 0 Å². The molecule has 6 heteroatoms. The Morgan fingerprint density at radius 3 is 3.20 bits per heavy atom. The van der Waals surface area contributed by atoms with Crippen molar-refractivity contribution >= 4 is 23.9 Å². The van der Waals surface area contributed by atoms with Gasteiger partial charge >= 0.3 is 0 Å². The van der Waals surface area contributed by atoms with Crippen molar-refractivity contribution in [2.75, 3.05) is 37.7 Å². The van der Waals surface area contributed by atoms with E-state index in [1.807, 2.05) is 11.8 Å². The number of hydrogen-bond acceptors (Lipinski definition) is 5. The molecule has 1 aliphatic rings. The molecule has 0 atom stereocenters. The fraction of sp³-hybridized carbons (Fsp3) is 0.778. The van der Waals surface area contributed by atoms with Gasteiger partial charge < -0.3 is 15.4 Å². The SMILES string of the molecule is O=C(/C=N\O)NCCN1CCCSCC1. The summed E-state index contributed by atoms with van der Waals surface area (Å²) in [6.07, 6.45) is 2.09. The first-order valence-electron chi connectivity index (χ1n) is 5.08. The van der Waals surface area contributed by atoms with E-state index in [1.165, 1.54) is 17.9 Å². The van der Waals surface area contributed by atoms with Gasteiger partial charge in [0.25, 0.3) is 5.91 Å². The van der Waals surface area contributed by atoms with Crippen molar-refractivity contribution < 1.29 is 10.0 Å². The minimum atomic E-state index is -0.346. The number of thioether (sulfide) groups is 1. The van der Waals surface area contributed by atoms with Crippen LogP contribution in [0.3, 0.4) is 0 Å². The number of hydrogen-bond donors (Lipinski definition) is 2. The Bertz CT molecular complexity index is 215. The normalized spacial score (nSPS) is 18.9. The molecule has 1 saturated heterocycles. The summed E-state index contributed by atoms with van der Waals surface area (Å²) in [5.41, 5.74) is 0. The predicted octanol–water partition coefficient (Wildman–Crippen LogP) is 0.00150. The molecule has 5 nitrogen and oxygen atoms in total. The van der Waals surface area contributed by atoms with Gasteiger partial charge in [0.2, 0.25) is 0 Å². The summed E-state index contributed by atoms with van der Waals surface area (Å²) < 4.78 is 0. The Kier molecular flexibility index (Phi) is 6.18. The van der Waals surface area contributed by atoms with E-state index in [0.29, 0.717) is 6.54 Å². The summed E-state index contributed by atoms with van der Waals surface area (Å²) in [5, 5.41) is 13.4. The maximum absolute atomic E-state index is 10.9. The largest absolute Gasteiger partial charge is 0.411 e. The molecule has 1 amide bonds. The van der Waals surface area contributed by atoms with Gasteiger partial charge in [-0.3, -0.25) is 4.79 Å². The summed E-state index contributed by atoms with van der Waals surface area (Å²) in [4.78, 5) is 13.3. The second kappa shape index (κ2) is 7.53. The van der Waals surface area contributed by atoms with Crippen LogP contribution in [0, 0.1) is 0 Å². The van der Waals surface area contributed by atoms with E-state index < -0.39 is 0 Å². The summed E-state index contributed by atoms with van der Waals surface area (Å²) >= 11 is 1.98. The summed E-state index contributed by atoms with van der Waals surface area (Å²) in [6.45, 7) is 3.67. The Balaban J connectivity index is 2.10. The van der Waals surface area contributed by atoms with Crippen LogP contribution in [-0.2, 0) is 4.79 Å². The molecule has 0 aromatic rings. The van der Waals surface area contributed by atoms with Crippen molar-refractivity contribution in [3.8, 4) is 0 Å². The zero-order chi connectivity index (χ0) is 10.9. The number of carbonyl (C=O) groups is 1. The van der Waals surface area contributed by atoms with Crippen LogP contribution < -0.4 is 5.32 Å². The lowest BCUT2D eigenvalue weighted by molar-refractivity contribution is -0.114. The molecule has 0 aliphatic carbocycles. The number of rotatable bonds is 4. The summed E-state index contributed by atoms with van der Waals surface area (Å²) in [6, 6.07) is 0. The minimum absolute atomic E-state index is 0.346. The Morgan fingerprint density at radius 1 is 1.53 bits per heavy atom. The van der Waals surface area contributed by atoms with E-state index in [2.05, 4.69) is 15.4 Å². The van der Waals surface area contributed by atoms with Gasteiger partial charge in [-0.2, -0.15) is 11.8 Å². The van der Waals surface area contributed by atoms with E-state index in [-0.39, 0.29) is 5.91 Å². The third-order valence-electron chi connectivity index (χ3n) is 2.22. The van der Waals surface area contributed by atoms with Crippen LogP contribution in [0.2, 0.25) is 0 Å². The quantitative estimate of drug-likeness (QED) is 0.406. The van der Waals surface area contributed by atoms with E-state index in [9.17, 15) is 4.79 Å². The molecule has 15 heavy (non-hydrogen) atoms. The smallest absolute Gasteiger partial charge is 0.265 e. The topological polar surface area (TPSA) is 64.9 Å². The molecule has 0 radical (unpaired) electrons. The Labute approximate surface area is 93.9 Å². The lowest BCUT2D eigenvalue weighted by Gasteiger charge is -2.18. The number of nitrogens with one attached hydrogen (secondary N) is 1. The van der Waals surface area contributed by atoms with Gasteiger partial charge in [0.15, 0.2) is 0 Å². The molecule has 1 aliphatic heterocycles. The van der Waals surface area contributed by atoms with E-state index >= 15 is 0 Å². The van der Waals surface area contributed by atoms with Crippen LogP contribution in [0.25, 0.3) is 0 Å². The molecular formula is C9H17N3O2S. The Morgan fingerprint density at radius 2 is 2.40 bits per heavy atom. The van der Waals surface area contributed by atoms with Crippen LogP contribution in [-0.4, -0.2) is 59.9 Å². The van der Waals surface area contributed by atoms with Gasteiger partial charge in [-0.1, -0.05) is 5.16 Å². The van der Waals surface area contributed by atoms with Crippen LogP contribution in [0.15, 0.2) is 5.16 Å². The third kappa shape index (κ3) is 5.64. The first-order valence-corrected chi connectivity index (χ1v) is 6.24. The summed E-state index contributed by atoms with van der Waals surface area (Å²) in [7, 11) is 0. The van der Waals surface area contributed by atoms with Crippen LogP contribution in [0.4, 0.5) is 0 Å². The van der Waals surface area contributed by atoms with Crippen LogP contribution >= 0.6 is 11.8 Å². The highest BCUT2D eigenvalue weighted by atomic mass is 32.2. The number of oxime groups is 1. The van der Waals surface area contributed by atoms with Gasteiger partial charge in [0, 0.05) is 25.4 Å². The lowest BCUT2D eigenvalue weighted by atomic mass is 10.4. The fourth-order valence-electron chi connectivity index (χ4n) is 1.46. The zero-order valence-electron chi connectivity index (χ0n) is 8.69. The molecule has 86 valence electrons. The van der Waals surface area contributed by atoms with E-state index in [0.717, 1.165) is 25.8 Å². The summed E-state index contributed by atoms with van der Waals surface area (Å²) in [5.74, 6) is 2.06. The molecule has 0 aromatic carbocycles. The van der Waals surface area contributed by atoms with Gasteiger partial charge in [0.05, 0.1) is 0 Å². The molecule has 0 saturated carbocycles. The highest BCUT2D eigenvalue weighted by Crippen LogP contribution is 2.08. The first-order chi connectivity index (χ1) is 7.33. The van der Waals surface area contributed by atoms with Gasteiger partial charge in [-0.25, -0.2) is 0 Å². The van der Waals surface area contributed by atoms with Crippen LogP contribution in [0.5, 0.6) is 0 Å². The molecule has 0 aromatic heterocycles. The zero-order valence-corrected chi connectivity index (χ0v) is 9.50. The van der Waals surface area contributed by atoms with Gasteiger partial charge in [-0.05, 0) is 18.7 Å². The minimum Gasteiger partial charge on any atom is -0.411 e. The van der Waals surface area contributed by atoms with Crippen molar-refractivity contribution in [1.29, 1.82) is 0 Å². The highest BCUT2D eigenvalue weighted by molar-refractivity contribution is 7.99. The van der Waals surface area contributed by atoms with Gasteiger partial charge in [0.1, 0.15) is 6.21 Å². The van der Waals surface area contributed by atoms with Gasteiger partial charge in [-0.15, -0.1) is 0 Å². The first kappa shape index (κ1) is 12.3. The molecule has 1 rings (SSSR count). The third-order valence-corrected chi connectivity index (χ3v) is 3.27. The highest BCUT2D eigenvalue weighted by Gasteiger charge is 2.08. The predicted molar refractivity (Wildman–Crippen MR) is 61.7 cm³/mol. The number of amides is 1. The molecule has 0 unspecified atom stereocenters. The monoisotopic (exact) mass is 231 g/mol.